The van der Waals surface area contributed by atoms with Gasteiger partial charge in [0.2, 0.25) is 0 Å². The van der Waals surface area contributed by atoms with Crippen molar-refractivity contribution in [3.05, 3.63) is 24.2 Å². The Kier molecular flexibility index (Phi) is 3.29. The Balaban J connectivity index is 2.10. The quantitative estimate of drug-likeness (QED) is 0.824. The lowest BCUT2D eigenvalue weighted by atomic mass is 9.92. The first-order chi connectivity index (χ1) is 7.72. The van der Waals surface area contributed by atoms with E-state index >= 15 is 0 Å². The molecule has 1 aromatic heterocycles. The molecule has 4 nitrogen and oxygen atoms in total. The highest BCUT2D eigenvalue weighted by Gasteiger charge is 2.30. The lowest BCUT2D eigenvalue weighted by molar-refractivity contribution is 0.0542. The normalized spacial score (nSPS) is 25.8. The summed E-state index contributed by atoms with van der Waals surface area (Å²) in [4.78, 5) is 14.0. The molecule has 2 rings (SSSR count). The van der Waals surface area contributed by atoms with Gasteiger partial charge in [0.15, 0.2) is 5.76 Å². The highest BCUT2D eigenvalue weighted by atomic mass is 16.3. The number of carbonyl (C=O) groups is 1. The number of likely N-dealkylation sites (tertiary alicyclic amines) is 1. The number of amides is 1. The first-order valence-corrected chi connectivity index (χ1v) is 5.77. The first kappa shape index (κ1) is 11.2. The van der Waals surface area contributed by atoms with Gasteiger partial charge in [0.05, 0.1) is 6.26 Å². The number of rotatable bonds is 2. The minimum absolute atomic E-state index is 0.0349. The Morgan fingerprint density at radius 2 is 2.50 bits per heavy atom. The van der Waals surface area contributed by atoms with E-state index in [-0.39, 0.29) is 11.9 Å². The van der Waals surface area contributed by atoms with Crippen LogP contribution in [-0.4, -0.2) is 29.9 Å². The third-order valence-electron chi connectivity index (χ3n) is 3.24. The molecule has 0 bridgehead atoms. The fraction of sp³-hybridized carbons (Fsp3) is 0.583. The summed E-state index contributed by atoms with van der Waals surface area (Å²) in [6.45, 7) is 3.51. The van der Waals surface area contributed by atoms with E-state index in [1.165, 1.54) is 6.26 Å². The number of hydrogen-bond acceptors (Lipinski definition) is 3. The summed E-state index contributed by atoms with van der Waals surface area (Å²) < 4.78 is 5.14. The van der Waals surface area contributed by atoms with Crippen LogP contribution in [0.25, 0.3) is 0 Å². The van der Waals surface area contributed by atoms with Crippen molar-refractivity contribution in [3.63, 3.8) is 0 Å². The molecule has 2 heterocycles. The summed E-state index contributed by atoms with van der Waals surface area (Å²) in [5.74, 6) is 1.02. The van der Waals surface area contributed by atoms with Crippen molar-refractivity contribution in [2.45, 2.75) is 25.8 Å². The molecule has 0 spiro atoms. The molecule has 88 valence electrons. The van der Waals surface area contributed by atoms with Gasteiger partial charge in [-0.2, -0.15) is 0 Å². The topological polar surface area (TPSA) is 59.5 Å². The molecule has 0 radical (unpaired) electrons. The predicted octanol–water partition coefficient (Wildman–Crippen LogP) is 1.48. The summed E-state index contributed by atoms with van der Waals surface area (Å²) in [7, 11) is 0. The average molecular weight is 222 g/mol. The second-order valence-electron chi connectivity index (χ2n) is 4.49. The molecule has 1 fully saturated rings. The van der Waals surface area contributed by atoms with Crippen LogP contribution in [0, 0.1) is 5.92 Å². The summed E-state index contributed by atoms with van der Waals surface area (Å²) in [5.41, 5.74) is 5.72. The Morgan fingerprint density at radius 3 is 3.12 bits per heavy atom. The van der Waals surface area contributed by atoms with Gasteiger partial charge in [0.1, 0.15) is 0 Å². The van der Waals surface area contributed by atoms with Gasteiger partial charge in [-0.05, 0) is 30.9 Å². The third kappa shape index (κ3) is 2.11. The molecular weight excluding hydrogens is 204 g/mol. The maximum absolute atomic E-state index is 12.1. The Morgan fingerprint density at radius 1 is 1.69 bits per heavy atom. The van der Waals surface area contributed by atoms with Gasteiger partial charge < -0.3 is 15.1 Å². The smallest absolute Gasteiger partial charge is 0.289 e. The largest absolute Gasteiger partial charge is 0.459 e. The van der Waals surface area contributed by atoms with E-state index < -0.39 is 0 Å². The molecule has 0 aliphatic carbocycles. The molecule has 1 aliphatic rings. The van der Waals surface area contributed by atoms with Crippen molar-refractivity contribution < 1.29 is 9.21 Å². The summed E-state index contributed by atoms with van der Waals surface area (Å²) in [6, 6.07) is 3.59. The number of furan rings is 1. The monoisotopic (exact) mass is 222 g/mol. The van der Waals surface area contributed by atoms with E-state index in [1.807, 2.05) is 4.90 Å². The fourth-order valence-electron chi connectivity index (χ4n) is 2.28. The molecule has 0 saturated carbocycles. The molecule has 1 saturated heterocycles. The van der Waals surface area contributed by atoms with Gasteiger partial charge in [-0.15, -0.1) is 0 Å². The van der Waals surface area contributed by atoms with Crippen LogP contribution in [0.4, 0.5) is 0 Å². The van der Waals surface area contributed by atoms with E-state index in [0.29, 0.717) is 18.2 Å². The summed E-state index contributed by atoms with van der Waals surface area (Å²) in [6.07, 6.45) is 3.56. The van der Waals surface area contributed by atoms with Crippen molar-refractivity contribution in [3.8, 4) is 0 Å². The van der Waals surface area contributed by atoms with E-state index in [9.17, 15) is 4.79 Å². The number of nitrogens with two attached hydrogens (primary N) is 1. The highest BCUT2D eigenvalue weighted by molar-refractivity contribution is 5.91. The number of carbonyl (C=O) groups excluding carboxylic acids is 1. The van der Waals surface area contributed by atoms with Gasteiger partial charge in [0, 0.05) is 19.1 Å². The molecular formula is C12H18N2O2. The third-order valence-corrected chi connectivity index (χ3v) is 3.24. The van der Waals surface area contributed by atoms with Crippen LogP contribution in [0.15, 0.2) is 22.8 Å². The van der Waals surface area contributed by atoms with Crippen molar-refractivity contribution in [2.75, 3.05) is 13.1 Å². The van der Waals surface area contributed by atoms with Crippen LogP contribution in [0.2, 0.25) is 0 Å². The molecule has 2 unspecified atom stereocenters. The number of piperidine rings is 1. The molecule has 0 aromatic carbocycles. The van der Waals surface area contributed by atoms with E-state index in [2.05, 4.69) is 6.92 Å². The van der Waals surface area contributed by atoms with Crippen LogP contribution < -0.4 is 5.73 Å². The van der Waals surface area contributed by atoms with Crippen molar-refractivity contribution in [1.29, 1.82) is 0 Å². The maximum Gasteiger partial charge on any atom is 0.289 e. The summed E-state index contributed by atoms with van der Waals surface area (Å²) in [5, 5.41) is 0. The Labute approximate surface area is 95.4 Å². The summed E-state index contributed by atoms with van der Waals surface area (Å²) >= 11 is 0. The van der Waals surface area contributed by atoms with Crippen molar-refractivity contribution in [1.82, 2.24) is 4.90 Å². The van der Waals surface area contributed by atoms with E-state index in [0.717, 1.165) is 19.4 Å². The number of hydrogen-bond donors (Lipinski definition) is 1. The van der Waals surface area contributed by atoms with E-state index in [4.69, 9.17) is 10.2 Å². The lowest BCUT2D eigenvalue weighted by Crippen LogP contribution is -2.49. The maximum atomic E-state index is 12.1. The molecule has 16 heavy (non-hydrogen) atoms. The van der Waals surface area contributed by atoms with Crippen molar-refractivity contribution >= 4 is 5.91 Å². The Bertz CT molecular complexity index is 348. The van der Waals surface area contributed by atoms with Crippen LogP contribution in [-0.2, 0) is 0 Å². The molecule has 1 amide bonds. The molecule has 1 aliphatic heterocycles. The van der Waals surface area contributed by atoms with Gasteiger partial charge in [-0.25, -0.2) is 0 Å². The zero-order chi connectivity index (χ0) is 11.5. The fourth-order valence-corrected chi connectivity index (χ4v) is 2.28. The lowest BCUT2D eigenvalue weighted by Gasteiger charge is -2.37. The van der Waals surface area contributed by atoms with Gasteiger partial charge >= 0.3 is 0 Å². The second kappa shape index (κ2) is 4.70. The molecule has 2 N–H and O–H groups in total. The van der Waals surface area contributed by atoms with Crippen LogP contribution in [0.3, 0.4) is 0 Å². The average Bonchev–Trinajstić information content (AvgIpc) is 2.81. The minimum atomic E-state index is -0.0349. The van der Waals surface area contributed by atoms with Gasteiger partial charge in [-0.1, -0.05) is 6.92 Å². The minimum Gasteiger partial charge on any atom is -0.459 e. The standard InChI is InChI=1S/C12H18N2O2/c1-9-4-5-14(10(7-9)8-13)12(15)11-3-2-6-16-11/h2-3,6,9-10H,4-5,7-8,13H2,1H3. The van der Waals surface area contributed by atoms with Crippen LogP contribution >= 0.6 is 0 Å². The number of nitrogens with zero attached hydrogens (tertiary/aromatic N) is 1. The van der Waals surface area contributed by atoms with Gasteiger partial charge in [-0.3, -0.25) is 4.79 Å². The van der Waals surface area contributed by atoms with Gasteiger partial charge in [0.25, 0.3) is 5.91 Å². The van der Waals surface area contributed by atoms with Crippen molar-refractivity contribution in [2.24, 2.45) is 11.7 Å². The predicted molar refractivity (Wildman–Crippen MR) is 61.0 cm³/mol. The second-order valence-corrected chi connectivity index (χ2v) is 4.49. The van der Waals surface area contributed by atoms with Crippen LogP contribution in [0.5, 0.6) is 0 Å². The molecule has 4 heteroatoms. The molecule has 2 atom stereocenters. The first-order valence-electron chi connectivity index (χ1n) is 5.77. The molecule has 1 aromatic rings. The zero-order valence-electron chi connectivity index (χ0n) is 9.56. The Hall–Kier alpha value is -1.29. The zero-order valence-corrected chi connectivity index (χ0v) is 9.56. The van der Waals surface area contributed by atoms with Crippen LogP contribution in [0.1, 0.15) is 30.3 Å². The van der Waals surface area contributed by atoms with E-state index in [1.54, 1.807) is 12.1 Å². The SMILES string of the molecule is CC1CCN(C(=O)c2ccco2)C(CN)C1. The highest BCUT2D eigenvalue weighted by Crippen LogP contribution is 2.23.